The first-order chi connectivity index (χ1) is 5.75. The van der Waals surface area contributed by atoms with Crippen LogP contribution >= 0.6 is 0 Å². The van der Waals surface area contributed by atoms with Crippen molar-refractivity contribution in [3.8, 4) is 0 Å². The van der Waals surface area contributed by atoms with Gasteiger partial charge in [0.25, 0.3) is 0 Å². The second-order valence-electron chi connectivity index (χ2n) is 3.58. The minimum atomic E-state index is -0.201. The van der Waals surface area contributed by atoms with Crippen molar-refractivity contribution < 1.29 is 4.79 Å². The molecule has 1 aliphatic carbocycles. The predicted octanol–water partition coefficient (Wildman–Crippen LogP) is 1.56. The number of hydrogen-bond acceptors (Lipinski definition) is 2. The van der Waals surface area contributed by atoms with Gasteiger partial charge in [-0.2, -0.15) is 0 Å². The van der Waals surface area contributed by atoms with E-state index in [0.717, 1.165) is 12.8 Å². The fourth-order valence-electron chi connectivity index (χ4n) is 1.81. The van der Waals surface area contributed by atoms with Crippen LogP contribution in [0.2, 0.25) is 0 Å². The molecular weight excluding hydrogens is 150 g/mol. The summed E-state index contributed by atoms with van der Waals surface area (Å²) in [5.41, 5.74) is 0. The molecule has 0 aromatic rings. The fraction of sp³-hybridized carbons (Fsp3) is 0.800. The van der Waals surface area contributed by atoms with Gasteiger partial charge in [0, 0.05) is 5.92 Å². The first-order valence-electron chi connectivity index (χ1n) is 4.79. The molecule has 1 atom stereocenters. The Hall–Kier alpha value is -0.370. The number of carbonyl (C=O) groups excluding carboxylic acids is 1. The lowest BCUT2D eigenvalue weighted by Crippen LogP contribution is -2.36. The molecule has 69 valence electrons. The van der Waals surface area contributed by atoms with Crippen LogP contribution in [0.5, 0.6) is 0 Å². The number of ketones is 1. The lowest BCUT2D eigenvalue weighted by Gasteiger charge is -2.22. The highest BCUT2D eigenvalue weighted by molar-refractivity contribution is 5.86. The van der Waals surface area contributed by atoms with E-state index in [1.807, 2.05) is 0 Å². The Morgan fingerprint density at radius 3 is 2.50 bits per heavy atom. The Bertz CT molecular complexity index is 150. The first-order valence-corrected chi connectivity index (χ1v) is 4.79. The van der Waals surface area contributed by atoms with Gasteiger partial charge >= 0.3 is 0 Å². The van der Waals surface area contributed by atoms with Gasteiger partial charge in [-0.15, -0.1) is 0 Å². The van der Waals surface area contributed by atoms with Gasteiger partial charge in [-0.3, -0.25) is 4.79 Å². The zero-order valence-corrected chi connectivity index (χ0v) is 7.81. The quantitative estimate of drug-likeness (QED) is 0.693. The van der Waals surface area contributed by atoms with Crippen molar-refractivity contribution in [2.24, 2.45) is 5.92 Å². The fourth-order valence-corrected chi connectivity index (χ4v) is 1.81. The van der Waals surface area contributed by atoms with Crippen LogP contribution in [-0.2, 0) is 4.79 Å². The normalized spacial score (nSPS) is 22.2. The monoisotopic (exact) mass is 168 g/mol. The molecule has 1 rings (SSSR count). The molecule has 12 heavy (non-hydrogen) atoms. The van der Waals surface area contributed by atoms with Crippen molar-refractivity contribution in [3.05, 3.63) is 6.92 Å². The highest BCUT2D eigenvalue weighted by Gasteiger charge is 2.24. The number of likely N-dealkylation sites (N-methyl/N-ethyl adjacent to an activating group) is 1. The van der Waals surface area contributed by atoms with Crippen LogP contribution in [0.4, 0.5) is 0 Å². The lowest BCUT2D eigenvalue weighted by atomic mass is 9.84. The van der Waals surface area contributed by atoms with Gasteiger partial charge in [-0.05, 0) is 26.8 Å². The van der Waals surface area contributed by atoms with E-state index in [4.69, 9.17) is 0 Å². The summed E-state index contributed by atoms with van der Waals surface area (Å²) in [5.74, 6) is 0.589. The SMILES string of the molecule is [CH2]C(NC)C(=O)C1CCCCC1. The molecule has 0 saturated heterocycles. The Labute approximate surface area is 74.7 Å². The highest BCUT2D eigenvalue weighted by atomic mass is 16.1. The van der Waals surface area contributed by atoms with E-state index >= 15 is 0 Å². The molecule has 2 nitrogen and oxygen atoms in total. The first kappa shape index (κ1) is 9.72. The zero-order valence-electron chi connectivity index (χ0n) is 7.81. The zero-order chi connectivity index (χ0) is 8.97. The third-order valence-electron chi connectivity index (χ3n) is 2.70. The molecule has 0 aromatic carbocycles. The number of carbonyl (C=O) groups is 1. The number of Topliss-reactive ketones (excluding diaryl/α,β-unsaturated/α-hetero) is 1. The van der Waals surface area contributed by atoms with Gasteiger partial charge in [-0.25, -0.2) is 0 Å². The maximum absolute atomic E-state index is 11.6. The molecule has 0 heterocycles. The minimum absolute atomic E-state index is 0.201. The van der Waals surface area contributed by atoms with Gasteiger partial charge in [0.1, 0.15) is 0 Å². The Morgan fingerprint density at radius 1 is 1.42 bits per heavy atom. The van der Waals surface area contributed by atoms with Crippen LogP contribution in [-0.4, -0.2) is 18.9 Å². The van der Waals surface area contributed by atoms with Crippen LogP contribution in [0.3, 0.4) is 0 Å². The van der Waals surface area contributed by atoms with Gasteiger partial charge in [-0.1, -0.05) is 19.3 Å². The van der Waals surface area contributed by atoms with Crippen LogP contribution in [0.25, 0.3) is 0 Å². The summed E-state index contributed by atoms with van der Waals surface area (Å²) in [6, 6.07) is -0.201. The molecule has 0 aliphatic heterocycles. The molecule has 1 aliphatic rings. The molecule has 1 radical (unpaired) electrons. The van der Waals surface area contributed by atoms with Crippen LogP contribution in [0, 0.1) is 12.8 Å². The summed E-state index contributed by atoms with van der Waals surface area (Å²) in [6.07, 6.45) is 5.88. The molecule has 0 bridgehead atoms. The number of hydrogen-bond donors (Lipinski definition) is 1. The third-order valence-corrected chi connectivity index (χ3v) is 2.70. The Kier molecular flexibility index (Phi) is 3.73. The number of nitrogens with one attached hydrogen (secondary N) is 1. The molecule has 1 unspecified atom stereocenters. The van der Waals surface area contributed by atoms with Crippen molar-refractivity contribution in [1.29, 1.82) is 0 Å². The van der Waals surface area contributed by atoms with E-state index < -0.39 is 0 Å². The van der Waals surface area contributed by atoms with Crippen molar-refractivity contribution in [2.75, 3.05) is 7.05 Å². The predicted molar refractivity (Wildman–Crippen MR) is 49.8 cm³/mol. The molecule has 2 heteroatoms. The van der Waals surface area contributed by atoms with Crippen molar-refractivity contribution in [1.82, 2.24) is 5.32 Å². The van der Waals surface area contributed by atoms with Crippen LogP contribution < -0.4 is 5.32 Å². The summed E-state index contributed by atoms with van der Waals surface area (Å²) < 4.78 is 0. The van der Waals surface area contributed by atoms with E-state index in [-0.39, 0.29) is 12.0 Å². The van der Waals surface area contributed by atoms with E-state index in [1.165, 1.54) is 19.3 Å². The second kappa shape index (κ2) is 4.61. The Balaban J connectivity index is 2.39. The van der Waals surface area contributed by atoms with Gasteiger partial charge in [0.05, 0.1) is 6.04 Å². The van der Waals surface area contributed by atoms with E-state index in [1.54, 1.807) is 7.05 Å². The molecule has 1 saturated carbocycles. The maximum atomic E-state index is 11.6. The Morgan fingerprint density at radius 2 is 2.00 bits per heavy atom. The maximum Gasteiger partial charge on any atom is 0.152 e. The van der Waals surface area contributed by atoms with Crippen molar-refractivity contribution in [2.45, 2.75) is 38.1 Å². The minimum Gasteiger partial charge on any atom is -0.311 e. The number of rotatable bonds is 3. The standard InChI is InChI=1S/C10H18NO/c1-8(11-2)10(12)9-6-4-3-5-7-9/h8-9,11H,1,3-7H2,2H3. The second-order valence-corrected chi connectivity index (χ2v) is 3.58. The van der Waals surface area contributed by atoms with Crippen LogP contribution in [0.15, 0.2) is 0 Å². The summed E-state index contributed by atoms with van der Waals surface area (Å²) >= 11 is 0. The smallest absolute Gasteiger partial charge is 0.152 e. The van der Waals surface area contributed by atoms with Crippen LogP contribution in [0.1, 0.15) is 32.1 Å². The lowest BCUT2D eigenvalue weighted by molar-refractivity contribution is -0.124. The molecule has 0 spiro atoms. The molecule has 1 fully saturated rings. The van der Waals surface area contributed by atoms with Crippen molar-refractivity contribution >= 4 is 5.78 Å². The van der Waals surface area contributed by atoms with E-state index in [0.29, 0.717) is 5.78 Å². The summed E-state index contributed by atoms with van der Waals surface area (Å²) in [5, 5.41) is 2.90. The summed E-state index contributed by atoms with van der Waals surface area (Å²) in [6.45, 7) is 3.77. The third kappa shape index (κ3) is 2.31. The largest absolute Gasteiger partial charge is 0.311 e. The highest BCUT2D eigenvalue weighted by Crippen LogP contribution is 2.24. The van der Waals surface area contributed by atoms with Gasteiger partial charge in [0.15, 0.2) is 5.78 Å². The average Bonchev–Trinajstić information content (AvgIpc) is 2.17. The topological polar surface area (TPSA) is 29.1 Å². The summed E-state index contributed by atoms with van der Waals surface area (Å²) in [4.78, 5) is 11.6. The summed E-state index contributed by atoms with van der Waals surface area (Å²) in [7, 11) is 1.79. The van der Waals surface area contributed by atoms with Gasteiger partial charge < -0.3 is 5.32 Å². The van der Waals surface area contributed by atoms with Gasteiger partial charge in [0.2, 0.25) is 0 Å². The molecule has 0 aromatic heterocycles. The molecule has 0 amide bonds. The van der Waals surface area contributed by atoms with Crippen molar-refractivity contribution in [3.63, 3.8) is 0 Å². The average molecular weight is 168 g/mol. The van der Waals surface area contributed by atoms with E-state index in [9.17, 15) is 4.79 Å². The molecular formula is C10H18NO. The van der Waals surface area contributed by atoms with E-state index in [2.05, 4.69) is 12.2 Å². The molecule has 1 N–H and O–H groups in total.